The summed E-state index contributed by atoms with van der Waals surface area (Å²) in [4.78, 5) is 18.7. The SMILES string of the molecule is COc1ccc2nccc([C@@H](O)CC[C@@H]3CCN(CCCSc4cccs4)C[C@@H]3C(=O)O)c2c1. The molecular weight excluding hydrogens is 468 g/mol. The molecule has 6 nitrogen and oxygen atoms in total. The molecule has 2 N–H and O–H groups in total. The monoisotopic (exact) mass is 500 g/mol. The zero-order chi connectivity index (χ0) is 23.9. The van der Waals surface area contributed by atoms with Gasteiger partial charge in [0.2, 0.25) is 0 Å². The number of likely N-dealkylation sites (tertiary alicyclic amines) is 1. The number of aromatic nitrogens is 1. The maximum Gasteiger partial charge on any atom is 0.308 e. The van der Waals surface area contributed by atoms with Gasteiger partial charge in [0.05, 0.1) is 28.9 Å². The number of hydrogen-bond donors (Lipinski definition) is 2. The number of pyridine rings is 1. The van der Waals surface area contributed by atoms with E-state index in [1.54, 1.807) is 24.6 Å². The normalized spacial score (nSPS) is 19.8. The van der Waals surface area contributed by atoms with E-state index in [2.05, 4.69) is 27.4 Å². The topological polar surface area (TPSA) is 82.9 Å². The number of rotatable bonds is 11. The van der Waals surface area contributed by atoms with Crippen molar-refractivity contribution in [2.24, 2.45) is 11.8 Å². The van der Waals surface area contributed by atoms with Crippen LogP contribution in [0.25, 0.3) is 10.9 Å². The Morgan fingerprint density at radius 1 is 1.35 bits per heavy atom. The minimum atomic E-state index is -0.726. The molecular formula is C26H32N2O4S2. The molecule has 1 aliphatic heterocycles. The van der Waals surface area contributed by atoms with Crippen LogP contribution in [-0.4, -0.2) is 58.6 Å². The van der Waals surface area contributed by atoms with Crippen molar-refractivity contribution in [3.8, 4) is 5.75 Å². The Labute approximate surface area is 209 Å². The molecule has 3 heterocycles. The summed E-state index contributed by atoms with van der Waals surface area (Å²) in [5, 5.41) is 23.8. The Bertz CT molecular complexity index is 1080. The Morgan fingerprint density at radius 3 is 3.00 bits per heavy atom. The zero-order valence-electron chi connectivity index (χ0n) is 19.4. The maximum absolute atomic E-state index is 12.0. The summed E-state index contributed by atoms with van der Waals surface area (Å²) in [7, 11) is 1.62. The lowest BCUT2D eigenvalue weighted by Crippen LogP contribution is -2.44. The number of carbonyl (C=O) groups is 1. The van der Waals surface area contributed by atoms with Gasteiger partial charge in [-0.3, -0.25) is 9.78 Å². The van der Waals surface area contributed by atoms with E-state index < -0.39 is 12.1 Å². The number of carboxylic acid groups (broad SMARTS) is 1. The van der Waals surface area contributed by atoms with Gasteiger partial charge in [0.1, 0.15) is 5.75 Å². The Kier molecular flexibility index (Phi) is 8.83. The molecule has 0 saturated carbocycles. The van der Waals surface area contributed by atoms with Crippen LogP contribution in [0.5, 0.6) is 5.75 Å². The van der Waals surface area contributed by atoms with Gasteiger partial charge in [-0.05, 0) is 86.0 Å². The number of nitrogens with zero attached hydrogens (tertiary/aromatic N) is 2. The van der Waals surface area contributed by atoms with E-state index in [-0.39, 0.29) is 11.8 Å². The Balaban J connectivity index is 1.31. The van der Waals surface area contributed by atoms with Crippen molar-refractivity contribution >= 4 is 40.0 Å². The number of ether oxygens (including phenoxy) is 1. The number of aliphatic carboxylic acids is 1. The molecule has 0 amide bonds. The summed E-state index contributed by atoms with van der Waals surface area (Å²) < 4.78 is 6.67. The number of methoxy groups -OCH3 is 1. The summed E-state index contributed by atoms with van der Waals surface area (Å²) in [6.07, 6.45) is 4.17. The standard InChI is InChI=1S/C26H32N2O4S2/c1-32-19-6-7-23-21(16-19)20(9-11-27-23)24(29)8-5-18-10-13-28(17-22(18)26(30)31)12-3-15-34-25-4-2-14-33-25/h2,4,6-7,9,11,14,16,18,22,24,29H,3,5,8,10,12-13,15,17H2,1H3,(H,30,31)/t18-,22+,24+/m1/s1. The van der Waals surface area contributed by atoms with E-state index in [9.17, 15) is 15.0 Å². The second-order valence-electron chi connectivity index (χ2n) is 8.80. The number of hydrogen-bond acceptors (Lipinski definition) is 7. The van der Waals surface area contributed by atoms with Crippen LogP contribution >= 0.6 is 23.1 Å². The molecule has 0 unspecified atom stereocenters. The fourth-order valence-corrected chi connectivity index (χ4v) is 6.58. The second kappa shape index (κ2) is 12.0. The first-order valence-electron chi connectivity index (χ1n) is 11.8. The van der Waals surface area contributed by atoms with Crippen LogP contribution in [-0.2, 0) is 4.79 Å². The quantitative estimate of drug-likeness (QED) is 0.272. The lowest BCUT2D eigenvalue weighted by atomic mass is 9.81. The lowest BCUT2D eigenvalue weighted by molar-refractivity contribution is -0.146. The van der Waals surface area contributed by atoms with Crippen LogP contribution in [0, 0.1) is 11.8 Å². The van der Waals surface area contributed by atoms with Crippen LogP contribution in [0.3, 0.4) is 0 Å². The third-order valence-corrected chi connectivity index (χ3v) is 8.88. The van der Waals surface area contributed by atoms with E-state index >= 15 is 0 Å². The molecule has 0 spiro atoms. The van der Waals surface area contributed by atoms with Gasteiger partial charge in [0.15, 0.2) is 0 Å². The minimum Gasteiger partial charge on any atom is -0.497 e. The van der Waals surface area contributed by atoms with E-state index in [0.29, 0.717) is 19.4 Å². The highest BCUT2D eigenvalue weighted by Crippen LogP contribution is 2.34. The molecule has 4 rings (SSSR count). The van der Waals surface area contributed by atoms with Crippen LogP contribution < -0.4 is 4.74 Å². The van der Waals surface area contributed by atoms with Crippen molar-refractivity contribution in [3.63, 3.8) is 0 Å². The molecule has 3 aromatic rings. The molecule has 34 heavy (non-hydrogen) atoms. The maximum atomic E-state index is 12.0. The van der Waals surface area contributed by atoms with E-state index in [1.807, 2.05) is 36.0 Å². The molecule has 8 heteroatoms. The van der Waals surface area contributed by atoms with Crippen molar-refractivity contribution in [1.29, 1.82) is 0 Å². The number of carboxylic acids is 1. The van der Waals surface area contributed by atoms with Crippen molar-refractivity contribution in [2.45, 2.75) is 36.0 Å². The summed E-state index contributed by atoms with van der Waals surface area (Å²) in [5.41, 5.74) is 1.63. The van der Waals surface area contributed by atoms with E-state index in [1.165, 1.54) is 4.21 Å². The van der Waals surface area contributed by atoms with Gasteiger partial charge in [-0.2, -0.15) is 0 Å². The number of fused-ring (bicyclic) bond motifs is 1. The number of aliphatic hydroxyl groups excluding tert-OH is 1. The summed E-state index contributed by atoms with van der Waals surface area (Å²) in [6.45, 7) is 2.45. The molecule has 1 aromatic carbocycles. The highest BCUT2D eigenvalue weighted by atomic mass is 32.2. The molecule has 182 valence electrons. The predicted octanol–water partition coefficient (Wildman–Crippen LogP) is 5.32. The fourth-order valence-electron chi connectivity index (χ4n) is 4.79. The number of benzene rings is 1. The summed E-state index contributed by atoms with van der Waals surface area (Å²) in [5.74, 6) is 0.735. The van der Waals surface area contributed by atoms with Crippen LogP contribution in [0.1, 0.15) is 37.4 Å². The average molecular weight is 501 g/mol. The van der Waals surface area contributed by atoms with Gasteiger partial charge in [0, 0.05) is 23.9 Å². The number of aliphatic hydroxyl groups is 1. The van der Waals surface area contributed by atoms with E-state index in [4.69, 9.17) is 4.74 Å². The summed E-state index contributed by atoms with van der Waals surface area (Å²) in [6, 6.07) is 11.7. The predicted molar refractivity (Wildman–Crippen MR) is 138 cm³/mol. The zero-order valence-corrected chi connectivity index (χ0v) is 21.1. The highest BCUT2D eigenvalue weighted by molar-refractivity contribution is 8.01. The van der Waals surface area contributed by atoms with Crippen LogP contribution in [0.2, 0.25) is 0 Å². The Hall–Kier alpha value is -2.13. The van der Waals surface area contributed by atoms with Gasteiger partial charge in [-0.1, -0.05) is 6.07 Å². The second-order valence-corrected chi connectivity index (χ2v) is 11.1. The van der Waals surface area contributed by atoms with Crippen molar-refractivity contribution in [1.82, 2.24) is 9.88 Å². The van der Waals surface area contributed by atoms with Crippen LogP contribution in [0.4, 0.5) is 0 Å². The number of thioether (sulfide) groups is 1. The molecule has 1 fully saturated rings. The van der Waals surface area contributed by atoms with E-state index in [0.717, 1.165) is 53.9 Å². The Morgan fingerprint density at radius 2 is 2.24 bits per heavy atom. The largest absolute Gasteiger partial charge is 0.497 e. The first-order valence-corrected chi connectivity index (χ1v) is 13.6. The first-order chi connectivity index (χ1) is 16.5. The first kappa shape index (κ1) is 25.0. The molecule has 1 aliphatic rings. The third-order valence-electron chi connectivity index (χ3n) is 6.67. The van der Waals surface area contributed by atoms with Crippen molar-refractivity contribution in [3.05, 3.63) is 53.5 Å². The average Bonchev–Trinajstić information content (AvgIpc) is 3.38. The lowest BCUT2D eigenvalue weighted by Gasteiger charge is -2.37. The summed E-state index contributed by atoms with van der Waals surface area (Å²) >= 11 is 3.63. The third kappa shape index (κ3) is 6.30. The van der Waals surface area contributed by atoms with Crippen molar-refractivity contribution in [2.75, 3.05) is 32.5 Å². The van der Waals surface area contributed by atoms with Gasteiger partial charge in [0.25, 0.3) is 0 Å². The molecule has 3 atom stereocenters. The van der Waals surface area contributed by atoms with Crippen LogP contribution in [0.15, 0.2) is 52.2 Å². The van der Waals surface area contributed by atoms with Gasteiger partial charge in [-0.15, -0.1) is 23.1 Å². The molecule has 0 bridgehead atoms. The van der Waals surface area contributed by atoms with Gasteiger partial charge >= 0.3 is 5.97 Å². The number of thiophene rings is 1. The minimum absolute atomic E-state index is 0.0755. The van der Waals surface area contributed by atoms with Crippen molar-refractivity contribution < 1.29 is 19.7 Å². The molecule has 0 radical (unpaired) electrons. The molecule has 2 aromatic heterocycles. The fraction of sp³-hybridized carbons (Fsp3) is 0.462. The molecule has 1 saturated heterocycles. The molecule has 0 aliphatic carbocycles. The van der Waals surface area contributed by atoms with Gasteiger partial charge < -0.3 is 19.8 Å². The van der Waals surface area contributed by atoms with Gasteiger partial charge in [-0.25, -0.2) is 0 Å². The number of piperidine rings is 1. The highest BCUT2D eigenvalue weighted by Gasteiger charge is 2.34. The smallest absolute Gasteiger partial charge is 0.308 e.